The van der Waals surface area contributed by atoms with Crippen LogP contribution in [0.5, 0.6) is 5.75 Å². The second-order valence-corrected chi connectivity index (χ2v) is 10.7. The van der Waals surface area contributed by atoms with Gasteiger partial charge in [-0.3, -0.25) is 9.59 Å². The van der Waals surface area contributed by atoms with Crippen LogP contribution in [-0.2, 0) is 6.54 Å². The van der Waals surface area contributed by atoms with E-state index in [4.69, 9.17) is 16.3 Å². The average molecular weight is 527 g/mol. The van der Waals surface area contributed by atoms with Gasteiger partial charge in [0.2, 0.25) is 5.43 Å². The number of anilines is 1. The molecule has 2 N–H and O–H groups in total. The van der Waals surface area contributed by atoms with Gasteiger partial charge in [-0.1, -0.05) is 17.7 Å². The lowest BCUT2D eigenvalue weighted by molar-refractivity contribution is 0.0949. The Hall–Kier alpha value is -3.10. The fraction of sp³-hybridized carbons (Fsp3) is 0.429. The zero-order valence-corrected chi connectivity index (χ0v) is 22.3. The minimum atomic E-state index is -0.528. The van der Waals surface area contributed by atoms with Gasteiger partial charge >= 0.3 is 0 Å². The molecule has 3 aromatic rings. The second kappa shape index (κ2) is 9.99. The van der Waals surface area contributed by atoms with Gasteiger partial charge in [-0.05, 0) is 62.9 Å². The van der Waals surface area contributed by atoms with Crippen molar-refractivity contribution >= 4 is 34.1 Å². The molecule has 196 valence electrons. The largest absolute Gasteiger partial charge is 0.492 e. The van der Waals surface area contributed by atoms with Crippen LogP contribution in [0.15, 0.2) is 35.3 Å². The van der Waals surface area contributed by atoms with Crippen LogP contribution in [0.25, 0.3) is 10.9 Å². The molecule has 1 saturated heterocycles. The van der Waals surface area contributed by atoms with Crippen molar-refractivity contribution in [1.82, 2.24) is 15.2 Å². The second-order valence-electron chi connectivity index (χ2n) is 10.3. The maximum atomic E-state index is 15.7. The molecule has 2 atom stereocenters. The number of rotatable bonds is 6. The molecule has 1 saturated carbocycles. The van der Waals surface area contributed by atoms with Crippen molar-refractivity contribution in [2.24, 2.45) is 0 Å². The highest BCUT2D eigenvalue weighted by molar-refractivity contribution is 6.30. The third-order valence-corrected chi connectivity index (χ3v) is 7.44. The van der Waals surface area contributed by atoms with Crippen molar-refractivity contribution < 1.29 is 13.9 Å². The van der Waals surface area contributed by atoms with E-state index in [1.54, 1.807) is 12.3 Å². The number of nitrogens with zero attached hydrogens (tertiary/aromatic N) is 2. The summed E-state index contributed by atoms with van der Waals surface area (Å²) in [5.41, 5.74) is 2.22. The molecule has 0 bridgehead atoms. The number of carbonyl (C=O) groups is 1. The predicted molar refractivity (Wildman–Crippen MR) is 145 cm³/mol. The van der Waals surface area contributed by atoms with Crippen LogP contribution in [0, 0.1) is 12.7 Å². The maximum absolute atomic E-state index is 15.7. The van der Waals surface area contributed by atoms with E-state index in [1.165, 1.54) is 13.2 Å². The number of ether oxygens (including phenoxy) is 1. The maximum Gasteiger partial charge on any atom is 0.257 e. The number of pyridine rings is 1. The standard InChI is InChI=1S/C28H32ClFN4O3/c1-15-9-19(29)6-5-18(15)11-31-28(36)22-14-34(20-7-8-20)24-21(26(22)35)10-23(30)25(27(24)37-4)33-12-16(2)32-17(3)13-33/h5-6,9-10,14,16-17,20,32H,7-8,11-13H2,1-4H3,(H,31,36)/t16-,17+. The first-order valence-corrected chi connectivity index (χ1v) is 13.0. The number of methoxy groups -OCH3 is 1. The van der Waals surface area contributed by atoms with Crippen LogP contribution in [0.3, 0.4) is 0 Å². The Kier molecular flexibility index (Phi) is 6.89. The summed E-state index contributed by atoms with van der Waals surface area (Å²) in [4.78, 5) is 28.7. The number of piperazine rings is 1. The summed E-state index contributed by atoms with van der Waals surface area (Å²) in [5, 5.41) is 7.08. The first-order chi connectivity index (χ1) is 17.7. The van der Waals surface area contributed by atoms with E-state index in [-0.39, 0.29) is 35.6 Å². The summed E-state index contributed by atoms with van der Waals surface area (Å²) < 4.78 is 23.4. The fourth-order valence-corrected chi connectivity index (χ4v) is 5.60. The van der Waals surface area contributed by atoms with E-state index in [2.05, 4.69) is 24.5 Å². The minimum absolute atomic E-state index is 0.00960. The summed E-state index contributed by atoms with van der Waals surface area (Å²) in [5.74, 6) is -0.688. The number of benzene rings is 2. The van der Waals surface area contributed by atoms with E-state index in [9.17, 15) is 9.59 Å². The Bertz CT molecular complexity index is 1430. The Morgan fingerprint density at radius 1 is 1.22 bits per heavy atom. The van der Waals surface area contributed by atoms with Gasteiger partial charge in [-0.15, -0.1) is 0 Å². The molecule has 0 radical (unpaired) electrons. The molecule has 1 aliphatic heterocycles. The minimum Gasteiger partial charge on any atom is -0.492 e. The van der Waals surface area contributed by atoms with Crippen molar-refractivity contribution in [2.45, 2.75) is 58.3 Å². The van der Waals surface area contributed by atoms with Gasteiger partial charge in [-0.2, -0.15) is 0 Å². The van der Waals surface area contributed by atoms with Crippen LogP contribution >= 0.6 is 11.6 Å². The van der Waals surface area contributed by atoms with Crippen molar-refractivity contribution in [3.63, 3.8) is 0 Å². The number of hydrogen-bond donors (Lipinski definition) is 2. The zero-order chi connectivity index (χ0) is 26.4. The van der Waals surface area contributed by atoms with E-state index in [0.717, 1.165) is 24.0 Å². The van der Waals surface area contributed by atoms with Crippen LogP contribution in [0.4, 0.5) is 10.1 Å². The number of carbonyl (C=O) groups excluding carboxylic acids is 1. The zero-order valence-electron chi connectivity index (χ0n) is 21.5. The van der Waals surface area contributed by atoms with Crippen molar-refractivity contribution in [3.05, 3.63) is 68.2 Å². The van der Waals surface area contributed by atoms with E-state index < -0.39 is 17.2 Å². The van der Waals surface area contributed by atoms with Gasteiger partial charge in [0.1, 0.15) is 11.3 Å². The topological polar surface area (TPSA) is 75.6 Å². The Labute approximate surface area is 220 Å². The number of fused-ring (bicyclic) bond motifs is 1. The first-order valence-electron chi connectivity index (χ1n) is 12.7. The van der Waals surface area contributed by atoms with Crippen LogP contribution in [0.2, 0.25) is 5.02 Å². The lowest BCUT2D eigenvalue weighted by atomic mass is 10.0. The lowest BCUT2D eigenvalue weighted by Crippen LogP contribution is -2.54. The number of hydrogen-bond acceptors (Lipinski definition) is 5. The van der Waals surface area contributed by atoms with Crippen LogP contribution in [0.1, 0.15) is 54.2 Å². The molecule has 37 heavy (non-hydrogen) atoms. The average Bonchev–Trinajstić information content (AvgIpc) is 3.68. The van der Waals surface area contributed by atoms with E-state index in [1.807, 2.05) is 28.5 Å². The molecular formula is C28H32ClFN4O3. The summed E-state index contributed by atoms with van der Waals surface area (Å²) in [7, 11) is 1.50. The molecule has 2 aromatic carbocycles. The molecule has 9 heteroatoms. The molecule has 1 aromatic heterocycles. The van der Waals surface area contributed by atoms with Crippen molar-refractivity contribution in [2.75, 3.05) is 25.1 Å². The molecule has 2 aliphatic rings. The number of aromatic nitrogens is 1. The molecule has 7 nitrogen and oxygen atoms in total. The lowest BCUT2D eigenvalue weighted by Gasteiger charge is -2.38. The normalized spacial score (nSPS) is 19.8. The van der Waals surface area contributed by atoms with Gasteiger partial charge in [0, 0.05) is 49.0 Å². The molecule has 2 heterocycles. The summed E-state index contributed by atoms with van der Waals surface area (Å²) in [6, 6.07) is 7.17. The third-order valence-electron chi connectivity index (χ3n) is 7.21. The summed E-state index contributed by atoms with van der Waals surface area (Å²) in [6.07, 6.45) is 3.45. The quantitative estimate of drug-likeness (QED) is 0.492. The predicted octanol–water partition coefficient (Wildman–Crippen LogP) is 4.56. The van der Waals surface area contributed by atoms with Gasteiger partial charge in [0.15, 0.2) is 11.6 Å². The molecular weight excluding hydrogens is 495 g/mol. The highest BCUT2D eigenvalue weighted by Gasteiger charge is 2.33. The number of aryl methyl sites for hydroxylation is 1. The van der Waals surface area contributed by atoms with Gasteiger partial charge in [-0.25, -0.2) is 4.39 Å². The third kappa shape index (κ3) is 4.92. The summed E-state index contributed by atoms with van der Waals surface area (Å²) in [6.45, 7) is 7.51. The molecule has 0 unspecified atom stereocenters. The Balaban J connectivity index is 1.58. The fourth-order valence-electron chi connectivity index (χ4n) is 5.37. The first kappa shape index (κ1) is 25.5. The van der Waals surface area contributed by atoms with Gasteiger partial charge in [0.05, 0.1) is 18.0 Å². The van der Waals surface area contributed by atoms with Crippen LogP contribution < -0.4 is 25.7 Å². The smallest absolute Gasteiger partial charge is 0.257 e. The Morgan fingerprint density at radius 3 is 2.54 bits per heavy atom. The molecule has 2 fully saturated rings. The number of halogens is 2. The molecule has 1 aliphatic carbocycles. The van der Waals surface area contributed by atoms with Crippen LogP contribution in [-0.4, -0.2) is 42.8 Å². The molecule has 1 amide bonds. The van der Waals surface area contributed by atoms with Crippen molar-refractivity contribution in [3.8, 4) is 5.75 Å². The molecule has 5 rings (SSSR count). The monoisotopic (exact) mass is 526 g/mol. The SMILES string of the molecule is COc1c(N2C[C@@H](C)N[C@@H](C)C2)c(F)cc2c(=O)c(C(=O)NCc3ccc(Cl)cc3C)cn(C3CC3)c12. The molecule has 0 spiro atoms. The highest BCUT2D eigenvalue weighted by atomic mass is 35.5. The highest BCUT2D eigenvalue weighted by Crippen LogP contribution is 2.44. The van der Waals surface area contributed by atoms with Gasteiger partial charge in [0.25, 0.3) is 5.91 Å². The summed E-state index contributed by atoms with van der Waals surface area (Å²) >= 11 is 6.04. The van der Waals surface area contributed by atoms with Crippen molar-refractivity contribution in [1.29, 1.82) is 0 Å². The number of nitrogens with one attached hydrogen (secondary N) is 2. The van der Waals surface area contributed by atoms with E-state index in [0.29, 0.717) is 35.1 Å². The Morgan fingerprint density at radius 2 is 1.92 bits per heavy atom. The van der Waals surface area contributed by atoms with Gasteiger partial charge < -0.3 is 24.8 Å². The van der Waals surface area contributed by atoms with E-state index >= 15 is 4.39 Å². The number of amides is 1.